The third kappa shape index (κ3) is 1.44. The molecule has 0 amide bonds. The van der Waals surface area contributed by atoms with Crippen molar-refractivity contribution in [2.45, 2.75) is 37.9 Å². The summed E-state index contributed by atoms with van der Waals surface area (Å²) in [6.45, 7) is 0. The SMILES string of the molecule is O=C1C=CO[C@H](C2=NO[C@@H]3CCC[C@H]23)C1. The molecule has 0 aromatic carbocycles. The molecule has 15 heavy (non-hydrogen) atoms. The molecule has 0 radical (unpaired) electrons. The topological polar surface area (TPSA) is 47.9 Å². The lowest BCUT2D eigenvalue weighted by Crippen LogP contribution is -2.32. The molecule has 0 aromatic heterocycles. The van der Waals surface area contributed by atoms with E-state index in [0.717, 1.165) is 18.6 Å². The van der Waals surface area contributed by atoms with Crippen LogP contribution in [0, 0.1) is 5.92 Å². The molecule has 0 aromatic rings. The second-order valence-corrected chi connectivity index (χ2v) is 4.30. The van der Waals surface area contributed by atoms with Gasteiger partial charge in [-0.15, -0.1) is 0 Å². The van der Waals surface area contributed by atoms with Crippen molar-refractivity contribution in [2.75, 3.05) is 0 Å². The predicted octanol–water partition coefficient (Wildman–Crippen LogP) is 1.41. The van der Waals surface area contributed by atoms with Crippen LogP contribution in [0.4, 0.5) is 0 Å². The number of carbonyl (C=O) groups excluding carboxylic acids is 1. The number of hydrogen-bond donors (Lipinski definition) is 0. The molecule has 0 unspecified atom stereocenters. The first-order valence-corrected chi connectivity index (χ1v) is 5.43. The Hall–Kier alpha value is -1.32. The minimum Gasteiger partial charge on any atom is -0.491 e. The summed E-state index contributed by atoms with van der Waals surface area (Å²) in [5.41, 5.74) is 0.940. The van der Waals surface area contributed by atoms with Gasteiger partial charge in [0.1, 0.15) is 17.9 Å². The average molecular weight is 207 g/mol. The Balaban J connectivity index is 1.77. The van der Waals surface area contributed by atoms with Gasteiger partial charge in [-0.05, 0) is 19.3 Å². The first-order chi connectivity index (χ1) is 7.34. The lowest BCUT2D eigenvalue weighted by atomic mass is 9.93. The summed E-state index contributed by atoms with van der Waals surface area (Å²) in [6.07, 6.45) is 6.78. The Morgan fingerprint density at radius 2 is 2.33 bits per heavy atom. The molecule has 3 atom stereocenters. The van der Waals surface area contributed by atoms with E-state index in [9.17, 15) is 4.79 Å². The van der Waals surface area contributed by atoms with Crippen molar-refractivity contribution >= 4 is 11.5 Å². The summed E-state index contributed by atoms with van der Waals surface area (Å²) in [5, 5.41) is 4.08. The number of ketones is 1. The molecule has 4 nitrogen and oxygen atoms in total. The maximum absolute atomic E-state index is 11.3. The zero-order chi connectivity index (χ0) is 10.3. The fourth-order valence-electron chi connectivity index (χ4n) is 2.57. The number of hydrogen-bond acceptors (Lipinski definition) is 4. The minimum atomic E-state index is -0.185. The molecular weight excluding hydrogens is 194 g/mol. The fourth-order valence-corrected chi connectivity index (χ4v) is 2.57. The van der Waals surface area contributed by atoms with E-state index in [-0.39, 0.29) is 18.0 Å². The van der Waals surface area contributed by atoms with Crippen molar-refractivity contribution in [3.05, 3.63) is 12.3 Å². The van der Waals surface area contributed by atoms with Gasteiger partial charge in [0.15, 0.2) is 5.78 Å². The van der Waals surface area contributed by atoms with Crippen LogP contribution in [0.2, 0.25) is 0 Å². The Labute approximate surface area is 87.9 Å². The van der Waals surface area contributed by atoms with Crippen molar-refractivity contribution < 1.29 is 14.4 Å². The average Bonchev–Trinajstić information content (AvgIpc) is 2.77. The molecule has 2 aliphatic heterocycles. The van der Waals surface area contributed by atoms with Crippen molar-refractivity contribution in [1.82, 2.24) is 0 Å². The van der Waals surface area contributed by atoms with E-state index in [1.165, 1.54) is 18.8 Å². The van der Waals surface area contributed by atoms with Crippen LogP contribution in [0.3, 0.4) is 0 Å². The normalized spacial score (nSPS) is 38.3. The van der Waals surface area contributed by atoms with Gasteiger partial charge in [-0.2, -0.15) is 0 Å². The molecule has 3 rings (SSSR count). The van der Waals surface area contributed by atoms with Gasteiger partial charge in [-0.1, -0.05) is 5.16 Å². The van der Waals surface area contributed by atoms with E-state index in [2.05, 4.69) is 5.16 Å². The molecular formula is C11H13NO3. The molecule has 1 aliphatic carbocycles. The molecule has 80 valence electrons. The Morgan fingerprint density at radius 3 is 3.20 bits per heavy atom. The van der Waals surface area contributed by atoms with E-state index < -0.39 is 0 Å². The van der Waals surface area contributed by atoms with Crippen LogP contribution in [-0.4, -0.2) is 23.7 Å². The third-order valence-corrected chi connectivity index (χ3v) is 3.34. The molecule has 3 aliphatic rings. The minimum absolute atomic E-state index is 0.107. The molecule has 1 saturated carbocycles. The highest BCUT2D eigenvalue weighted by molar-refractivity contribution is 5.99. The summed E-state index contributed by atoms with van der Waals surface area (Å²) in [4.78, 5) is 16.6. The first-order valence-electron chi connectivity index (χ1n) is 5.43. The van der Waals surface area contributed by atoms with Crippen LogP contribution in [0.15, 0.2) is 17.5 Å². The van der Waals surface area contributed by atoms with Crippen LogP contribution < -0.4 is 0 Å². The second-order valence-electron chi connectivity index (χ2n) is 4.30. The molecule has 0 spiro atoms. The highest BCUT2D eigenvalue weighted by Crippen LogP contribution is 2.36. The maximum atomic E-state index is 11.3. The number of rotatable bonds is 1. The van der Waals surface area contributed by atoms with Crippen LogP contribution >= 0.6 is 0 Å². The Kier molecular flexibility index (Phi) is 2.01. The van der Waals surface area contributed by atoms with Gasteiger partial charge in [0.25, 0.3) is 0 Å². The standard InChI is InChI=1S/C11H13NO3/c13-7-4-5-14-10(6-7)11-8-2-1-3-9(8)15-12-11/h4-5,8-10H,1-3,6H2/t8-,9+,10-/m0/s1. The van der Waals surface area contributed by atoms with E-state index >= 15 is 0 Å². The first kappa shape index (κ1) is 8.95. The zero-order valence-corrected chi connectivity index (χ0v) is 8.39. The van der Waals surface area contributed by atoms with Crippen LogP contribution in [0.1, 0.15) is 25.7 Å². The predicted molar refractivity (Wildman–Crippen MR) is 53.3 cm³/mol. The molecule has 0 saturated heterocycles. The largest absolute Gasteiger partial charge is 0.491 e. The molecule has 4 heteroatoms. The number of fused-ring (bicyclic) bond motifs is 1. The second kappa shape index (κ2) is 3.36. The highest BCUT2D eigenvalue weighted by atomic mass is 16.6. The lowest BCUT2D eigenvalue weighted by Gasteiger charge is -2.20. The quantitative estimate of drug-likeness (QED) is 0.653. The van der Waals surface area contributed by atoms with E-state index in [1.54, 1.807) is 0 Å². The van der Waals surface area contributed by atoms with Crippen LogP contribution in [0.25, 0.3) is 0 Å². The van der Waals surface area contributed by atoms with Gasteiger partial charge >= 0.3 is 0 Å². The monoisotopic (exact) mass is 207 g/mol. The maximum Gasteiger partial charge on any atom is 0.162 e. The third-order valence-electron chi connectivity index (χ3n) is 3.34. The number of nitrogens with zero attached hydrogens (tertiary/aromatic N) is 1. The van der Waals surface area contributed by atoms with E-state index in [1.807, 2.05) is 0 Å². The summed E-state index contributed by atoms with van der Waals surface area (Å²) >= 11 is 0. The smallest absolute Gasteiger partial charge is 0.162 e. The molecule has 0 N–H and O–H groups in total. The molecule has 2 heterocycles. The number of ether oxygens (including phenoxy) is 1. The van der Waals surface area contributed by atoms with Crippen molar-refractivity contribution in [1.29, 1.82) is 0 Å². The van der Waals surface area contributed by atoms with Gasteiger partial charge in [-0.3, -0.25) is 4.79 Å². The van der Waals surface area contributed by atoms with Gasteiger partial charge in [0.2, 0.25) is 0 Å². The van der Waals surface area contributed by atoms with Crippen LogP contribution in [0.5, 0.6) is 0 Å². The number of allylic oxidation sites excluding steroid dienone is 1. The van der Waals surface area contributed by atoms with E-state index in [0.29, 0.717) is 12.3 Å². The number of carbonyl (C=O) groups is 1. The van der Waals surface area contributed by atoms with Crippen molar-refractivity contribution in [3.63, 3.8) is 0 Å². The summed E-state index contributed by atoms with van der Waals surface area (Å²) in [6, 6.07) is 0. The lowest BCUT2D eigenvalue weighted by molar-refractivity contribution is -0.117. The van der Waals surface area contributed by atoms with Gasteiger partial charge in [-0.25, -0.2) is 0 Å². The van der Waals surface area contributed by atoms with Crippen LogP contribution in [-0.2, 0) is 14.4 Å². The highest BCUT2D eigenvalue weighted by Gasteiger charge is 2.42. The van der Waals surface area contributed by atoms with E-state index in [4.69, 9.17) is 9.57 Å². The van der Waals surface area contributed by atoms with Crippen molar-refractivity contribution in [3.8, 4) is 0 Å². The molecule has 0 bridgehead atoms. The summed E-state index contributed by atoms with van der Waals surface area (Å²) in [5.74, 6) is 0.490. The Morgan fingerprint density at radius 1 is 1.40 bits per heavy atom. The zero-order valence-electron chi connectivity index (χ0n) is 8.39. The summed E-state index contributed by atoms with van der Waals surface area (Å²) < 4.78 is 5.43. The Bertz CT molecular complexity index is 348. The number of oxime groups is 1. The molecule has 1 fully saturated rings. The van der Waals surface area contributed by atoms with Gasteiger partial charge < -0.3 is 9.57 Å². The van der Waals surface area contributed by atoms with Gasteiger partial charge in [0, 0.05) is 12.0 Å². The fraction of sp³-hybridized carbons (Fsp3) is 0.636. The van der Waals surface area contributed by atoms with Gasteiger partial charge in [0.05, 0.1) is 12.7 Å². The van der Waals surface area contributed by atoms with Crippen molar-refractivity contribution in [2.24, 2.45) is 11.1 Å². The summed E-state index contributed by atoms with van der Waals surface area (Å²) in [7, 11) is 0.